The number of benzene rings is 1. The molecule has 0 spiro atoms. The van der Waals surface area contributed by atoms with Crippen LogP contribution in [0.1, 0.15) is 44.9 Å². The number of carbonyl (C=O) groups excluding carboxylic acids is 2. The van der Waals surface area contributed by atoms with Crippen molar-refractivity contribution in [3.8, 4) is 11.5 Å². The lowest BCUT2D eigenvalue weighted by molar-refractivity contribution is -0.140. The van der Waals surface area contributed by atoms with Crippen LogP contribution in [0.25, 0.3) is 0 Å². The monoisotopic (exact) mass is 479 g/mol. The molecule has 1 aliphatic carbocycles. The van der Waals surface area contributed by atoms with E-state index in [1.54, 1.807) is 11.0 Å². The zero-order valence-corrected chi connectivity index (χ0v) is 19.8. The van der Waals surface area contributed by atoms with E-state index in [0.29, 0.717) is 63.2 Å². The molecule has 2 aliphatic heterocycles. The zero-order chi connectivity index (χ0) is 23.3. The number of fused-ring (bicyclic) bond motifs is 1. The third kappa shape index (κ3) is 6.17. The molecule has 1 saturated heterocycles. The fourth-order valence-electron chi connectivity index (χ4n) is 4.64. The minimum atomic E-state index is -3.77. The fourth-order valence-corrected chi connectivity index (χ4v) is 5.69. The van der Waals surface area contributed by atoms with Gasteiger partial charge in [0.25, 0.3) is 0 Å². The van der Waals surface area contributed by atoms with Gasteiger partial charge < -0.3 is 19.3 Å². The zero-order valence-electron chi connectivity index (χ0n) is 19.0. The SMILES string of the molecule is O=C(CCNS(=O)(=O)c1ccc2c(c1)OCCCO2)N1CCN(C(=O)CC2CCCC2)CC1. The first-order valence-corrected chi connectivity index (χ1v) is 13.4. The molecule has 1 aromatic rings. The summed E-state index contributed by atoms with van der Waals surface area (Å²) in [6.45, 7) is 3.07. The molecule has 2 amide bonds. The predicted molar refractivity (Wildman–Crippen MR) is 122 cm³/mol. The van der Waals surface area contributed by atoms with Gasteiger partial charge in [-0.2, -0.15) is 0 Å². The van der Waals surface area contributed by atoms with E-state index >= 15 is 0 Å². The molecule has 1 aromatic carbocycles. The Kier molecular flexibility index (Phi) is 7.75. The van der Waals surface area contributed by atoms with E-state index in [9.17, 15) is 18.0 Å². The largest absolute Gasteiger partial charge is 0.490 e. The van der Waals surface area contributed by atoms with Crippen molar-refractivity contribution in [1.29, 1.82) is 0 Å². The van der Waals surface area contributed by atoms with Crippen molar-refractivity contribution in [2.45, 2.75) is 49.8 Å². The van der Waals surface area contributed by atoms with Gasteiger partial charge in [-0.1, -0.05) is 12.8 Å². The Morgan fingerprint density at radius 3 is 2.24 bits per heavy atom. The first-order chi connectivity index (χ1) is 15.9. The van der Waals surface area contributed by atoms with E-state index in [1.807, 2.05) is 4.90 Å². The molecule has 0 bridgehead atoms. The number of sulfonamides is 1. The molecule has 1 saturated carbocycles. The van der Waals surface area contributed by atoms with Crippen LogP contribution in [0.4, 0.5) is 0 Å². The summed E-state index contributed by atoms with van der Waals surface area (Å²) in [5.74, 6) is 1.54. The summed E-state index contributed by atoms with van der Waals surface area (Å²) in [7, 11) is -3.77. The van der Waals surface area contributed by atoms with Crippen molar-refractivity contribution in [2.75, 3.05) is 45.9 Å². The maximum Gasteiger partial charge on any atom is 0.240 e. The molecule has 0 aromatic heterocycles. The molecule has 2 heterocycles. The molecule has 0 atom stereocenters. The summed E-state index contributed by atoms with van der Waals surface area (Å²) in [5, 5.41) is 0. The summed E-state index contributed by atoms with van der Waals surface area (Å²) < 4.78 is 38.9. The second kappa shape index (κ2) is 10.7. The molecule has 0 unspecified atom stereocenters. The third-order valence-corrected chi connectivity index (χ3v) is 8.04. The van der Waals surface area contributed by atoms with Crippen LogP contribution in [0.3, 0.4) is 0 Å². The van der Waals surface area contributed by atoms with E-state index in [2.05, 4.69) is 4.72 Å². The molecule has 1 N–H and O–H groups in total. The number of hydrogen-bond acceptors (Lipinski definition) is 6. The maximum absolute atomic E-state index is 12.6. The van der Waals surface area contributed by atoms with Gasteiger partial charge in [-0.25, -0.2) is 13.1 Å². The number of ether oxygens (including phenoxy) is 2. The van der Waals surface area contributed by atoms with Crippen LogP contribution in [0.2, 0.25) is 0 Å². The fraction of sp³-hybridized carbons (Fsp3) is 0.652. The van der Waals surface area contributed by atoms with Crippen molar-refractivity contribution < 1.29 is 27.5 Å². The van der Waals surface area contributed by atoms with Crippen molar-refractivity contribution >= 4 is 21.8 Å². The van der Waals surface area contributed by atoms with Gasteiger partial charge in [0.1, 0.15) is 0 Å². The van der Waals surface area contributed by atoms with Gasteiger partial charge in [-0.05, 0) is 30.9 Å². The van der Waals surface area contributed by atoms with E-state index in [1.165, 1.54) is 25.0 Å². The van der Waals surface area contributed by atoms with Crippen LogP contribution in [0.5, 0.6) is 11.5 Å². The van der Waals surface area contributed by atoms with Crippen LogP contribution in [0, 0.1) is 5.92 Å². The molecule has 182 valence electrons. The number of nitrogens with one attached hydrogen (secondary N) is 1. The molecule has 9 nitrogen and oxygen atoms in total. The summed E-state index contributed by atoms with van der Waals surface area (Å²) in [6, 6.07) is 4.51. The Balaban J connectivity index is 1.21. The maximum atomic E-state index is 12.6. The highest BCUT2D eigenvalue weighted by Crippen LogP contribution is 2.32. The predicted octanol–water partition coefficient (Wildman–Crippen LogP) is 1.77. The Morgan fingerprint density at radius 2 is 1.55 bits per heavy atom. The van der Waals surface area contributed by atoms with Crippen molar-refractivity contribution in [2.24, 2.45) is 5.92 Å². The number of rotatable bonds is 7. The number of hydrogen-bond donors (Lipinski definition) is 1. The first-order valence-electron chi connectivity index (χ1n) is 11.9. The number of carbonyl (C=O) groups is 2. The molecule has 3 aliphatic rings. The quantitative estimate of drug-likeness (QED) is 0.639. The minimum Gasteiger partial charge on any atom is -0.490 e. The van der Waals surface area contributed by atoms with Gasteiger partial charge in [0.2, 0.25) is 21.8 Å². The van der Waals surface area contributed by atoms with Gasteiger partial charge in [-0.3, -0.25) is 9.59 Å². The lowest BCUT2D eigenvalue weighted by Crippen LogP contribution is -2.51. The standard InChI is InChI=1S/C23H33N3O6S/c27-22(25-10-12-26(13-11-25)23(28)16-18-4-1-2-5-18)8-9-24-33(29,30)19-6-7-20-21(17-19)32-15-3-14-31-20/h6-7,17-18,24H,1-5,8-16H2. The third-order valence-electron chi connectivity index (χ3n) is 6.58. The lowest BCUT2D eigenvalue weighted by atomic mass is 10.0. The van der Waals surface area contributed by atoms with E-state index < -0.39 is 10.0 Å². The van der Waals surface area contributed by atoms with Crippen molar-refractivity contribution in [3.05, 3.63) is 18.2 Å². The van der Waals surface area contributed by atoms with E-state index in [0.717, 1.165) is 19.3 Å². The number of nitrogens with zero attached hydrogens (tertiary/aromatic N) is 2. The van der Waals surface area contributed by atoms with Gasteiger partial charge >= 0.3 is 0 Å². The molecule has 33 heavy (non-hydrogen) atoms. The Hall–Kier alpha value is -2.33. The average Bonchev–Trinajstić information content (AvgIpc) is 3.20. The van der Waals surface area contributed by atoms with Crippen LogP contribution in [-0.4, -0.2) is 76.0 Å². The molecular formula is C23H33N3O6S. The Morgan fingerprint density at radius 1 is 0.909 bits per heavy atom. The van der Waals surface area contributed by atoms with Crippen LogP contribution in [0.15, 0.2) is 23.1 Å². The molecule has 4 rings (SSSR count). The molecular weight excluding hydrogens is 446 g/mol. The van der Waals surface area contributed by atoms with Gasteiger partial charge in [0, 0.05) is 58.1 Å². The van der Waals surface area contributed by atoms with Crippen molar-refractivity contribution in [3.63, 3.8) is 0 Å². The minimum absolute atomic E-state index is 0.0104. The summed E-state index contributed by atoms with van der Waals surface area (Å²) in [6.07, 6.45) is 6.16. The summed E-state index contributed by atoms with van der Waals surface area (Å²) >= 11 is 0. The van der Waals surface area contributed by atoms with E-state index in [4.69, 9.17) is 9.47 Å². The smallest absolute Gasteiger partial charge is 0.240 e. The summed E-state index contributed by atoms with van der Waals surface area (Å²) in [4.78, 5) is 28.7. The van der Waals surface area contributed by atoms with Gasteiger partial charge in [-0.15, -0.1) is 0 Å². The normalized spacial score (nSPS) is 19.4. The first kappa shape index (κ1) is 23.8. The molecule has 0 radical (unpaired) electrons. The van der Waals surface area contributed by atoms with Crippen molar-refractivity contribution in [1.82, 2.24) is 14.5 Å². The Bertz CT molecular complexity index is 953. The molecule has 10 heteroatoms. The topological polar surface area (TPSA) is 105 Å². The average molecular weight is 480 g/mol. The number of piperazine rings is 1. The highest BCUT2D eigenvalue weighted by atomic mass is 32.2. The van der Waals surface area contributed by atoms with E-state index in [-0.39, 0.29) is 29.7 Å². The van der Waals surface area contributed by atoms with Crippen LogP contribution in [-0.2, 0) is 19.6 Å². The lowest BCUT2D eigenvalue weighted by Gasteiger charge is -2.35. The highest BCUT2D eigenvalue weighted by molar-refractivity contribution is 7.89. The summed E-state index contributed by atoms with van der Waals surface area (Å²) in [5.41, 5.74) is 0. The highest BCUT2D eigenvalue weighted by Gasteiger charge is 2.27. The van der Waals surface area contributed by atoms with Gasteiger partial charge in [0.05, 0.1) is 18.1 Å². The Labute approximate surface area is 195 Å². The van der Waals surface area contributed by atoms with Gasteiger partial charge in [0.15, 0.2) is 11.5 Å². The second-order valence-electron chi connectivity index (χ2n) is 8.92. The van der Waals surface area contributed by atoms with Crippen LogP contribution < -0.4 is 14.2 Å². The molecule has 2 fully saturated rings. The number of amides is 2. The second-order valence-corrected chi connectivity index (χ2v) is 10.7. The van der Waals surface area contributed by atoms with Crippen LogP contribution >= 0.6 is 0 Å².